The molecule has 0 saturated carbocycles. The molecule has 10 heteroatoms. The molecule has 0 unspecified atom stereocenters. The maximum Gasteiger partial charge on any atom is 0.246 e. The Morgan fingerprint density at radius 2 is 2.00 bits per heavy atom. The van der Waals surface area contributed by atoms with E-state index in [0.29, 0.717) is 31.6 Å². The smallest absolute Gasteiger partial charge is 0.246 e. The van der Waals surface area contributed by atoms with Gasteiger partial charge < -0.3 is 5.32 Å². The molecular formula is C18H28N6O3S. The summed E-state index contributed by atoms with van der Waals surface area (Å²) in [6, 6.07) is 0. The number of sulfonamides is 1. The number of hydrogen-bond acceptors (Lipinski definition) is 5. The number of carbonyl (C=O) groups excluding carboxylic acids is 1. The SMILES string of the molecule is CCn1ncc(CNC(=O)[C@@H]2CCCN(S(=O)(=O)c3cnn(C)c3C)C2)c1C. The zero-order valence-corrected chi connectivity index (χ0v) is 17.7. The number of rotatable bonds is 6. The minimum atomic E-state index is -3.66. The molecule has 154 valence electrons. The second kappa shape index (κ2) is 8.04. The quantitative estimate of drug-likeness (QED) is 0.767. The number of amides is 1. The third-order valence-electron chi connectivity index (χ3n) is 5.52. The molecule has 9 nitrogen and oxygen atoms in total. The van der Waals surface area contributed by atoms with Crippen molar-refractivity contribution in [2.45, 2.75) is 51.6 Å². The third-order valence-corrected chi connectivity index (χ3v) is 7.49. The number of aromatic nitrogens is 4. The molecule has 1 fully saturated rings. The standard InChI is InChI=1S/C18H28N6O3S/c1-5-24-13(2)16(10-21-24)9-19-18(25)15-7-6-8-23(12-15)28(26,27)17-11-20-22(4)14(17)3/h10-11,15H,5-9,12H2,1-4H3,(H,19,25)/t15-/m1/s1. The molecule has 0 aliphatic carbocycles. The van der Waals surface area contributed by atoms with Gasteiger partial charge in [-0.05, 0) is 33.6 Å². The van der Waals surface area contributed by atoms with E-state index in [-0.39, 0.29) is 23.3 Å². The molecule has 1 aliphatic rings. The van der Waals surface area contributed by atoms with Crippen molar-refractivity contribution in [3.05, 3.63) is 29.3 Å². The van der Waals surface area contributed by atoms with Gasteiger partial charge in [0.2, 0.25) is 15.9 Å². The van der Waals surface area contributed by atoms with Crippen molar-refractivity contribution in [1.82, 2.24) is 29.2 Å². The van der Waals surface area contributed by atoms with Crippen LogP contribution in [-0.2, 0) is 35.0 Å². The van der Waals surface area contributed by atoms with Crippen LogP contribution in [0.4, 0.5) is 0 Å². The average Bonchev–Trinajstić information content (AvgIpc) is 3.22. The van der Waals surface area contributed by atoms with Gasteiger partial charge in [-0.3, -0.25) is 14.2 Å². The van der Waals surface area contributed by atoms with E-state index in [4.69, 9.17) is 0 Å². The maximum atomic E-state index is 13.0. The van der Waals surface area contributed by atoms with Gasteiger partial charge in [-0.25, -0.2) is 8.42 Å². The van der Waals surface area contributed by atoms with E-state index in [9.17, 15) is 13.2 Å². The summed E-state index contributed by atoms with van der Waals surface area (Å²) in [5.74, 6) is -0.478. The van der Waals surface area contributed by atoms with Gasteiger partial charge in [0.05, 0.1) is 24.0 Å². The van der Waals surface area contributed by atoms with E-state index in [1.54, 1.807) is 24.9 Å². The van der Waals surface area contributed by atoms with E-state index in [2.05, 4.69) is 15.5 Å². The Kier molecular flexibility index (Phi) is 5.90. The Hall–Kier alpha value is -2.20. The number of nitrogens with zero attached hydrogens (tertiary/aromatic N) is 5. The molecule has 2 aromatic heterocycles. The molecule has 28 heavy (non-hydrogen) atoms. The summed E-state index contributed by atoms with van der Waals surface area (Å²) >= 11 is 0. The van der Waals surface area contributed by atoms with Gasteiger partial charge in [-0.15, -0.1) is 0 Å². The molecule has 0 bridgehead atoms. The zero-order valence-electron chi connectivity index (χ0n) is 16.8. The third kappa shape index (κ3) is 3.83. The molecule has 1 amide bonds. The molecule has 1 saturated heterocycles. The fourth-order valence-electron chi connectivity index (χ4n) is 3.55. The van der Waals surface area contributed by atoms with Gasteiger partial charge in [0.1, 0.15) is 4.90 Å². The lowest BCUT2D eigenvalue weighted by molar-refractivity contribution is -0.126. The van der Waals surface area contributed by atoms with Crippen molar-refractivity contribution in [2.75, 3.05) is 13.1 Å². The van der Waals surface area contributed by atoms with Crippen LogP contribution in [0.3, 0.4) is 0 Å². The van der Waals surface area contributed by atoms with Crippen molar-refractivity contribution in [1.29, 1.82) is 0 Å². The predicted octanol–water partition coefficient (Wildman–Crippen LogP) is 0.970. The van der Waals surface area contributed by atoms with Crippen molar-refractivity contribution in [3.8, 4) is 0 Å². The highest BCUT2D eigenvalue weighted by Crippen LogP contribution is 2.25. The molecule has 1 atom stereocenters. The Morgan fingerprint density at radius 3 is 2.61 bits per heavy atom. The highest BCUT2D eigenvalue weighted by Gasteiger charge is 2.34. The monoisotopic (exact) mass is 408 g/mol. The topological polar surface area (TPSA) is 102 Å². The second-order valence-electron chi connectivity index (χ2n) is 7.21. The maximum absolute atomic E-state index is 13.0. The van der Waals surface area contributed by atoms with E-state index >= 15 is 0 Å². The lowest BCUT2D eigenvalue weighted by atomic mass is 9.99. The van der Waals surface area contributed by atoms with Crippen molar-refractivity contribution in [3.63, 3.8) is 0 Å². The van der Waals surface area contributed by atoms with Gasteiger partial charge in [-0.1, -0.05) is 0 Å². The molecular weight excluding hydrogens is 380 g/mol. The summed E-state index contributed by atoms with van der Waals surface area (Å²) in [4.78, 5) is 12.9. The largest absolute Gasteiger partial charge is 0.352 e. The first-order chi connectivity index (χ1) is 13.3. The Labute approximate surface area is 165 Å². The minimum absolute atomic E-state index is 0.119. The number of nitrogens with one attached hydrogen (secondary N) is 1. The van der Waals surface area contributed by atoms with E-state index in [1.165, 1.54) is 10.5 Å². The first-order valence-electron chi connectivity index (χ1n) is 9.53. The van der Waals surface area contributed by atoms with Crippen LogP contribution < -0.4 is 5.32 Å². The summed E-state index contributed by atoms with van der Waals surface area (Å²) < 4.78 is 30.8. The molecule has 0 spiro atoms. The van der Waals surface area contributed by atoms with Crippen molar-refractivity contribution in [2.24, 2.45) is 13.0 Å². The van der Waals surface area contributed by atoms with Gasteiger partial charge in [-0.2, -0.15) is 14.5 Å². The molecule has 0 radical (unpaired) electrons. The number of carbonyl (C=O) groups is 1. The van der Waals surface area contributed by atoms with Crippen LogP contribution in [-0.4, -0.2) is 51.3 Å². The van der Waals surface area contributed by atoms with Crippen LogP contribution in [0.1, 0.15) is 36.7 Å². The molecule has 2 aromatic rings. The van der Waals surface area contributed by atoms with Crippen molar-refractivity contribution >= 4 is 15.9 Å². The molecule has 0 aromatic carbocycles. The number of hydrogen-bond donors (Lipinski definition) is 1. The molecule has 1 aliphatic heterocycles. The zero-order chi connectivity index (χ0) is 20.5. The van der Waals surface area contributed by atoms with E-state index in [0.717, 1.165) is 17.8 Å². The van der Waals surface area contributed by atoms with Gasteiger partial charge in [0.15, 0.2) is 0 Å². The first kappa shape index (κ1) is 20.5. The second-order valence-corrected chi connectivity index (χ2v) is 9.12. The molecule has 3 rings (SSSR count). The molecule has 3 heterocycles. The molecule has 1 N–H and O–H groups in total. The van der Waals surface area contributed by atoms with Crippen LogP contribution in [0.15, 0.2) is 17.3 Å². The van der Waals surface area contributed by atoms with E-state index < -0.39 is 10.0 Å². The Bertz CT molecular complexity index is 962. The lowest BCUT2D eigenvalue weighted by Gasteiger charge is -2.31. The highest BCUT2D eigenvalue weighted by molar-refractivity contribution is 7.89. The Morgan fingerprint density at radius 1 is 1.25 bits per heavy atom. The van der Waals surface area contributed by atoms with Crippen molar-refractivity contribution < 1.29 is 13.2 Å². The average molecular weight is 409 g/mol. The lowest BCUT2D eigenvalue weighted by Crippen LogP contribution is -2.45. The van der Waals surface area contributed by atoms with E-state index in [1.807, 2.05) is 18.5 Å². The highest BCUT2D eigenvalue weighted by atomic mass is 32.2. The summed E-state index contributed by atoms with van der Waals surface area (Å²) in [6.07, 6.45) is 4.48. The fraction of sp³-hybridized carbons (Fsp3) is 0.611. The first-order valence-corrected chi connectivity index (χ1v) is 11.0. The predicted molar refractivity (Wildman–Crippen MR) is 104 cm³/mol. The van der Waals surface area contributed by atoms with Crippen LogP contribution in [0.5, 0.6) is 0 Å². The normalized spacial score (nSPS) is 18.4. The summed E-state index contributed by atoms with van der Waals surface area (Å²) in [5, 5.41) is 11.3. The van der Waals surface area contributed by atoms with Gasteiger partial charge in [0, 0.05) is 44.5 Å². The minimum Gasteiger partial charge on any atom is -0.352 e. The van der Waals surface area contributed by atoms with Gasteiger partial charge in [0.25, 0.3) is 0 Å². The summed E-state index contributed by atoms with van der Waals surface area (Å²) in [5.41, 5.74) is 2.60. The fourth-order valence-corrected chi connectivity index (χ4v) is 5.26. The van der Waals surface area contributed by atoms with Crippen LogP contribution in [0.25, 0.3) is 0 Å². The van der Waals surface area contributed by atoms with Crippen LogP contribution in [0, 0.1) is 19.8 Å². The van der Waals surface area contributed by atoms with Crippen LogP contribution in [0.2, 0.25) is 0 Å². The van der Waals surface area contributed by atoms with Gasteiger partial charge >= 0.3 is 0 Å². The number of piperidine rings is 1. The number of aryl methyl sites for hydroxylation is 2. The summed E-state index contributed by atoms with van der Waals surface area (Å²) in [6.45, 7) is 7.51. The van der Waals surface area contributed by atoms with Crippen LogP contribution >= 0.6 is 0 Å². The Balaban J connectivity index is 1.66. The summed E-state index contributed by atoms with van der Waals surface area (Å²) in [7, 11) is -1.94.